The van der Waals surface area contributed by atoms with Crippen molar-refractivity contribution < 1.29 is 23.8 Å². The van der Waals surface area contributed by atoms with Gasteiger partial charge in [0.1, 0.15) is 0 Å². The highest BCUT2D eigenvalue weighted by Gasteiger charge is 2.15. The second kappa shape index (κ2) is 9.54. The lowest BCUT2D eigenvalue weighted by atomic mass is 10.2. The average Bonchev–Trinajstić information content (AvgIpc) is 2.74. The van der Waals surface area contributed by atoms with Crippen molar-refractivity contribution in [1.82, 2.24) is 4.98 Å². The van der Waals surface area contributed by atoms with Crippen LogP contribution in [0.15, 0.2) is 54.7 Å². The Hall–Kier alpha value is -3.61. The molecule has 1 amide bonds. The van der Waals surface area contributed by atoms with E-state index in [1.54, 1.807) is 42.6 Å². The minimum absolute atomic E-state index is 0.277. The molecule has 0 saturated heterocycles. The lowest BCUT2D eigenvalue weighted by Crippen LogP contribution is -2.21. The predicted octanol–water partition coefficient (Wildman–Crippen LogP) is 3.83. The Kier molecular flexibility index (Phi) is 6.63. The smallest absolute Gasteiger partial charge is 0.338 e. The number of pyridine rings is 1. The number of nitrogens with zero attached hydrogens (tertiary/aromatic N) is 1. The van der Waals surface area contributed by atoms with Gasteiger partial charge < -0.3 is 19.5 Å². The summed E-state index contributed by atoms with van der Waals surface area (Å²) in [6, 6.07) is 13.8. The van der Waals surface area contributed by atoms with Crippen molar-refractivity contribution in [3.63, 3.8) is 0 Å². The van der Waals surface area contributed by atoms with E-state index in [9.17, 15) is 9.59 Å². The summed E-state index contributed by atoms with van der Waals surface area (Å²) in [5.41, 5.74) is 1.65. The van der Waals surface area contributed by atoms with Crippen LogP contribution < -0.4 is 14.8 Å². The van der Waals surface area contributed by atoms with Crippen LogP contribution in [0, 0.1) is 0 Å². The zero-order chi connectivity index (χ0) is 20.6. The topological polar surface area (TPSA) is 86.8 Å². The van der Waals surface area contributed by atoms with Gasteiger partial charge in [0.2, 0.25) is 0 Å². The molecule has 1 aromatic heterocycles. The number of benzene rings is 2. The molecule has 1 heterocycles. The minimum Gasteiger partial charge on any atom is -0.490 e. The number of carbonyl (C=O) groups is 2. The molecule has 29 heavy (non-hydrogen) atoms. The van der Waals surface area contributed by atoms with E-state index in [1.165, 1.54) is 0 Å². The van der Waals surface area contributed by atoms with Gasteiger partial charge in [-0.15, -0.1) is 0 Å². The lowest BCUT2D eigenvalue weighted by molar-refractivity contribution is -0.119. The van der Waals surface area contributed by atoms with Gasteiger partial charge in [-0.1, -0.05) is 6.07 Å². The number of hydrogen-bond acceptors (Lipinski definition) is 6. The molecule has 0 aliphatic rings. The van der Waals surface area contributed by atoms with Gasteiger partial charge in [-0.05, 0) is 56.3 Å². The third-order valence-electron chi connectivity index (χ3n) is 4.03. The molecule has 0 unspecified atom stereocenters. The second-order valence-electron chi connectivity index (χ2n) is 6.03. The van der Waals surface area contributed by atoms with E-state index >= 15 is 0 Å². The van der Waals surface area contributed by atoms with Crippen LogP contribution in [0.2, 0.25) is 0 Å². The molecule has 7 nitrogen and oxygen atoms in total. The van der Waals surface area contributed by atoms with Gasteiger partial charge in [0, 0.05) is 11.6 Å². The molecule has 0 fully saturated rings. The summed E-state index contributed by atoms with van der Waals surface area (Å²) in [4.78, 5) is 28.8. The SMILES string of the molecule is CCOc1ccc(C(=O)OCC(=O)Nc2cccc3ncccc23)cc1OCC. The van der Waals surface area contributed by atoms with Crippen LogP contribution in [0.5, 0.6) is 11.5 Å². The molecule has 2 aromatic carbocycles. The van der Waals surface area contributed by atoms with Crippen LogP contribution in [0.3, 0.4) is 0 Å². The minimum atomic E-state index is -0.622. The number of anilines is 1. The maximum absolute atomic E-state index is 12.3. The maximum atomic E-state index is 12.3. The van der Waals surface area contributed by atoms with E-state index in [0.29, 0.717) is 30.4 Å². The first-order valence-corrected chi connectivity index (χ1v) is 9.32. The van der Waals surface area contributed by atoms with Gasteiger partial charge in [-0.3, -0.25) is 9.78 Å². The van der Waals surface area contributed by atoms with Gasteiger partial charge in [0.05, 0.1) is 30.0 Å². The Labute approximate surface area is 168 Å². The van der Waals surface area contributed by atoms with E-state index in [2.05, 4.69) is 10.3 Å². The van der Waals surface area contributed by atoms with E-state index in [0.717, 1.165) is 10.9 Å². The molecular weight excluding hydrogens is 372 g/mol. The Balaban J connectivity index is 1.64. The average molecular weight is 394 g/mol. The zero-order valence-corrected chi connectivity index (χ0v) is 16.3. The summed E-state index contributed by atoms with van der Waals surface area (Å²) >= 11 is 0. The van der Waals surface area contributed by atoms with Crippen LogP contribution in [0.4, 0.5) is 5.69 Å². The highest BCUT2D eigenvalue weighted by molar-refractivity contribution is 6.02. The Bertz CT molecular complexity index is 1010. The van der Waals surface area contributed by atoms with Gasteiger partial charge in [-0.2, -0.15) is 0 Å². The number of amides is 1. The highest BCUT2D eigenvalue weighted by Crippen LogP contribution is 2.29. The summed E-state index contributed by atoms with van der Waals surface area (Å²) in [7, 11) is 0. The number of hydrogen-bond donors (Lipinski definition) is 1. The van der Waals surface area contributed by atoms with Gasteiger partial charge in [0.15, 0.2) is 18.1 Å². The van der Waals surface area contributed by atoms with Gasteiger partial charge >= 0.3 is 5.97 Å². The van der Waals surface area contributed by atoms with Crippen LogP contribution in [0.1, 0.15) is 24.2 Å². The Morgan fingerprint density at radius 2 is 1.76 bits per heavy atom. The Morgan fingerprint density at radius 3 is 2.55 bits per heavy atom. The summed E-state index contributed by atoms with van der Waals surface area (Å²) in [6.07, 6.45) is 1.68. The van der Waals surface area contributed by atoms with Crippen LogP contribution >= 0.6 is 0 Å². The number of aromatic nitrogens is 1. The molecular formula is C22H22N2O5. The fraction of sp³-hybridized carbons (Fsp3) is 0.227. The molecule has 0 saturated carbocycles. The van der Waals surface area contributed by atoms with Crippen molar-refractivity contribution in [2.75, 3.05) is 25.1 Å². The van der Waals surface area contributed by atoms with Crippen molar-refractivity contribution in [2.45, 2.75) is 13.8 Å². The number of esters is 1. The summed E-state index contributed by atoms with van der Waals surface area (Å²) in [5, 5.41) is 3.56. The van der Waals surface area contributed by atoms with Crippen molar-refractivity contribution in [1.29, 1.82) is 0 Å². The molecule has 0 spiro atoms. The van der Waals surface area contributed by atoms with Crippen LogP contribution in [-0.4, -0.2) is 36.7 Å². The fourth-order valence-corrected chi connectivity index (χ4v) is 2.79. The molecule has 0 atom stereocenters. The third-order valence-corrected chi connectivity index (χ3v) is 4.03. The first-order valence-electron chi connectivity index (χ1n) is 9.32. The maximum Gasteiger partial charge on any atom is 0.338 e. The molecule has 0 bridgehead atoms. The highest BCUT2D eigenvalue weighted by atomic mass is 16.5. The Morgan fingerprint density at radius 1 is 0.966 bits per heavy atom. The van der Waals surface area contributed by atoms with Crippen molar-refractivity contribution in [3.8, 4) is 11.5 Å². The largest absolute Gasteiger partial charge is 0.490 e. The number of carbonyl (C=O) groups excluding carboxylic acids is 2. The van der Waals surface area contributed by atoms with E-state index in [1.807, 2.05) is 26.0 Å². The van der Waals surface area contributed by atoms with E-state index in [4.69, 9.17) is 14.2 Å². The number of rotatable bonds is 8. The molecule has 0 aliphatic heterocycles. The zero-order valence-electron chi connectivity index (χ0n) is 16.3. The molecule has 1 N–H and O–H groups in total. The quantitative estimate of drug-likeness (QED) is 0.585. The molecule has 0 aliphatic carbocycles. The monoisotopic (exact) mass is 394 g/mol. The van der Waals surface area contributed by atoms with Crippen LogP contribution in [-0.2, 0) is 9.53 Å². The number of nitrogens with one attached hydrogen (secondary N) is 1. The molecule has 3 aromatic rings. The number of ether oxygens (including phenoxy) is 3. The molecule has 150 valence electrons. The van der Waals surface area contributed by atoms with Crippen molar-refractivity contribution in [3.05, 3.63) is 60.3 Å². The fourth-order valence-electron chi connectivity index (χ4n) is 2.79. The molecule has 0 radical (unpaired) electrons. The van der Waals surface area contributed by atoms with Crippen LogP contribution in [0.25, 0.3) is 10.9 Å². The molecule has 3 rings (SSSR count). The standard InChI is InChI=1S/C22H22N2O5/c1-3-27-19-11-10-15(13-20(19)28-4-2)22(26)29-14-21(25)24-18-9-5-8-17-16(18)7-6-12-23-17/h5-13H,3-4,14H2,1-2H3,(H,24,25). The predicted molar refractivity (Wildman–Crippen MR) is 109 cm³/mol. The van der Waals surface area contributed by atoms with Gasteiger partial charge in [0.25, 0.3) is 5.91 Å². The summed E-state index contributed by atoms with van der Waals surface area (Å²) in [6.45, 7) is 4.21. The third kappa shape index (κ3) is 5.01. The van der Waals surface area contributed by atoms with Crippen molar-refractivity contribution in [2.24, 2.45) is 0 Å². The second-order valence-corrected chi connectivity index (χ2v) is 6.03. The van der Waals surface area contributed by atoms with E-state index in [-0.39, 0.29) is 5.56 Å². The van der Waals surface area contributed by atoms with Crippen molar-refractivity contribution >= 4 is 28.5 Å². The van der Waals surface area contributed by atoms with E-state index < -0.39 is 18.5 Å². The lowest BCUT2D eigenvalue weighted by Gasteiger charge is -2.12. The normalized spacial score (nSPS) is 10.4. The number of fused-ring (bicyclic) bond motifs is 1. The first-order chi connectivity index (χ1) is 14.1. The summed E-state index contributed by atoms with van der Waals surface area (Å²) < 4.78 is 16.1. The van der Waals surface area contributed by atoms with Gasteiger partial charge in [-0.25, -0.2) is 4.79 Å². The first kappa shape index (κ1) is 20.1. The summed E-state index contributed by atoms with van der Waals surface area (Å²) in [5.74, 6) is -0.0564. The molecule has 7 heteroatoms.